The number of furan rings is 1. The number of para-hydroxylation sites is 3. The second-order valence-electron chi connectivity index (χ2n) is 7.01. The highest BCUT2D eigenvalue weighted by Crippen LogP contribution is 2.33. The van der Waals surface area contributed by atoms with E-state index in [2.05, 4.69) is 10.6 Å². The Labute approximate surface area is 179 Å². The normalized spacial score (nSPS) is 10.6. The second kappa shape index (κ2) is 8.75. The van der Waals surface area contributed by atoms with Crippen LogP contribution in [0.4, 0.5) is 11.4 Å². The molecule has 2 amide bonds. The van der Waals surface area contributed by atoms with Crippen molar-refractivity contribution in [2.24, 2.45) is 0 Å². The molecule has 0 aliphatic carbocycles. The highest BCUT2D eigenvalue weighted by atomic mass is 16.5. The third-order valence-electron chi connectivity index (χ3n) is 4.76. The molecule has 6 nitrogen and oxygen atoms in total. The number of hydrogen-bond donors (Lipinski definition) is 2. The first-order chi connectivity index (χ1) is 15.1. The fraction of sp³-hybridized carbons (Fsp3) is 0.120. The van der Waals surface area contributed by atoms with Gasteiger partial charge in [-0.2, -0.15) is 0 Å². The molecule has 4 rings (SSSR count). The largest absolute Gasteiger partial charge is 0.492 e. The number of amides is 2. The predicted molar refractivity (Wildman–Crippen MR) is 121 cm³/mol. The SMILES string of the molecule is CCOc1ccccc1NC(=O)c1oc2ccccc2c1NC(=O)c1cccc(C)c1. The Morgan fingerprint density at radius 2 is 1.68 bits per heavy atom. The van der Waals surface area contributed by atoms with Gasteiger partial charge in [-0.05, 0) is 50.2 Å². The Balaban J connectivity index is 1.70. The number of nitrogens with one attached hydrogen (secondary N) is 2. The van der Waals surface area contributed by atoms with Gasteiger partial charge in [0.1, 0.15) is 17.0 Å². The molecule has 0 atom stereocenters. The van der Waals surface area contributed by atoms with E-state index in [9.17, 15) is 9.59 Å². The van der Waals surface area contributed by atoms with Crippen LogP contribution in [-0.2, 0) is 0 Å². The molecule has 2 N–H and O–H groups in total. The van der Waals surface area contributed by atoms with Crippen molar-refractivity contribution < 1.29 is 18.7 Å². The Morgan fingerprint density at radius 3 is 2.48 bits per heavy atom. The monoisotopic (exact) mass is 414 g/mol. The number of carbonyl (C=O) groups excluding carboxylic acids is 2. The molecule has 4 aromatic rings. The van der Waals surface area contributed by atoms with Gasteiger partial charge in [0.25, 0.3) is 11.8 Å². The maximum Gasteiger partial charge on any atom is 0.293 e. The van der Waals surface area contributed by atoms with Crippen LogP contribution in [-0.4, -0.2) is 18.4 Å². The number of benzene rings is 3. The van der Waals surface area contributed by atoms with Gasteiger partial charge in [-0.25, -0.2) is 0 Å². The van der Waals surface area contributed by atoms with E-state index < -0.39 is 5.91 Å². The fourth-order valence-corrected chi connectivity index (χ4v) is 3.33. The first kappa shape index (κ1) is 20.2. The zero-order valence-corrected chi connectivity index (χ0v) is 17.3. The third-order valence-corrected chi connectivity index (χ3v) is 4.76. The highest BCUT2D eigenvalue weighted by Gasteiger charge is 2.23. The van der Waals surface area contributed by atoms with Gasteiger partial charge in [-0.15, -0.1) is 0 Å². The number of carbonyl (C=O) groups is 2. The molecule has 0 fully saturated rings. The van der Waals surface area contributed by atoms with Gasteiger partial charge in [0, 0.05) is 10.9 Å². The van der Waals surface area contributed by atoms with Crippen molar-refractivity contribution in [3.63, 3.8) is 0 Å². The highest BCUT2D eigenvalue weighted by molar-refractivity contribution is 6.17. The van der Waals surface area contributed by atoms with Crippen LogP contribution in [0.15, 0.2) is 77.2 Å². The van der Waals surface area contributed by atoms with E-state index in [0.29, 0.717) is 40.3 Å². The minimum Gasteiger partial charge on any atom is -0.492 e. The third kappa shape index (κ3) is 4.28. The van der Waals surface area contributed by atoms with Gasteiger partial charge >= 0.3 is 0 Å². The van der Waals surface area contributed by atoms with Gasteiger partial charge < -0.3 is 19.8 Å². The van der Waals surface area contributed by atoms with Gasteiger partial charge in [-0.1, -0.05) is 42.0 Å². The molecule has 1 aromatic heterocycles. The van der Waals surface area contributed by atoms with Crippen molar-refractivity contribution >= 4 is 34.2 Å². The minimum atomic E-state index is -0.483. The Hall–Kier alpha value is -4.06. The molecule has 0 saturated heterocycles. The van der Waals surface area contributed by atoms with E-state index in [-0.39, 0.29) is 11.7 Å². The summed E-state index contributed by atoms with van der Waals surface area (Å²) in [6, 6.07) is 21.6. The van der Waals surface area contributed by atoms with Crippen molar-refractivity contribution in [2.45, 2.75) is 13.8 Å². The number of ether oxygens (including phenoxy) is 1. The van der Waals surface area contributed by atoms with Crippen molar-refractivity contribution in [3.8, 4) is 5.75 Å². The average molecular weight is 414 g/mol. The topological polar surface area (TPSA) is 80.6 Å². The van der Waals surface area contributed by atoms with Crippen molar-refractivity contribution in [3.05, 3.63) is 89.7 Å². The molecular weight excluding hydrogens is 392 g/mol. The molecular formula is C25H22N2O4. The van der Waals surface area contributed by atoms with Gasteiger partial charge in [-0.3, -0.25) is 9.59 Å². The quantitative estimate of drug-likeness (QED) is 0.428. The smallest absolute Gasteiger partial charge is 0.293 e. The van der Waals surface area contributed by atoms with Crippen LogP contribution in [0.3, 0.4) is 0 Å². The lowest BCUT2D eigenvalue weighted by atomic mass is 10.1. The number of aryl methyl sites for hydroxylation is 1. The molecule has 0 bridgehead atoms. The summed E-state index contributed by atoms with van der Waals surface area (Å²) in [7, 11) is 0. The van der Waals surface area contributed by atoms with E-state index in [1.54, 1.807) is 42.5 Å². The van der Waals surface area contributed by atoms with Gasteiger partial charge in [0.15, 0.2) is 0 Å². The molecule has 0 aliphatic heterocycles. The number of hydrogen-bond acceptors (Lipinski definition) is 4. The molecule has 0 aliphatic rings. The van der Waals surface area contributed by atoms with Crippen LogP contribution >= 0.6 is 0 Å². The predicted octanol–water partition coefficient (Wildman–Crippen LogP) is 5.64. The summed E-state index contributed by atoms with van der Waals surface area (Å²) < 4.78 is 11.4. The maximum absolute atomic E-state index is 13.1. The van der Waals surface area contributed by atoms with E-state index in [0.717, 1.165) is 5.56 Å². The van der Waals surface area contributed by atoms with Crippen LogP contribution < -0.4 is 15.4 Å². The maximum atomic E-state index is 13.1. The molecule has 3 aromatic carbocycles. The van der Waals surface area contributed by atoms with E-state index in [4.69, 9.17) is 9.15 Å². The number of fused-ring (bicyclic) bond motifs is 1. The Kier molecular flexibility index (Phi) is 5.71. The molecule has 1 heterocycles. The Bertz CT molecular complexity index is 1260. The van der Waals surface area contributed by atoms with E-state index in [1.165, 1.54) is 0 Å². The summed E-state index contributed by atoms with van der Waals surface area (Å²) in [6.07, 6.45) is 0. The Morgan fingerprint density at radius 1 is 0.903 bits per heavy atom. The van der Waals surface area contributed by atoms with Crippen molar-refractivity contribution in [2.75, 3.05) is 17.2 Å². The zero-order chi connectivity index (χ0) is 21.8. The molecule has 31 heavy (non-hydrogen) atoms. The fourth-order valence-electron chi connectivity index (χ4n) is 3.33. The summed E-state index contributed by atoms with van der Waals surface area (Å²) in [5.41, 5.74) is 2.82. The summed E-state index contributed by atoms with van der Waals surface area (Å²) in [5, 5.41) is 6.33. The molecule has 0 unspecified atom stereocenters. The summed E-state index contributed by atoms with van der Waals surface area (Å²) in [5.74, 6) is -0.227. The van der Waals surface area contributed by atoms with E-state index in [1.807, 2.05) is 44.2 Å². The number of anilines is 2. The molecule has 156 valence electrons. The molecule has 0 spiro atoms. The first-order valence-corrected chi connectivity index (χ1v) is 9.99. The molecule has 0 radical (unpaired) electrons. The van der Waals surface area contributed by atoms with Gasteiger partial charge in [0.05, 0.1) is 12.3 Å². The summed E-state index contributed by atoms with van der Waals surface area (Å²) in [6.45, 7) is 4.25. The summed E-state index contributed by atoms with van der Waals surface area (Å²) >= 11 is 0. The summed E-state index contributed by atoms with van der Waals surface area (Å²) in [4.78, 5) is 26.0. The lowest BCUT2D eigenvalue weighted by Gasteiger charge is -2.11. The first-order valence-electron chi connectivity index (χ1n) is 9.99. The van der Waals surface area contributed by atoms with Crippen LogP contribution in [0.5, 0.6) is 5.75 Å². The standard InChI is InChI=1S/C25H22N2O4/c1-3-30-21-14-7-5-12-19(21)26-25(29)23-22(18-11-4-6-13-20(18)31-23)27-24(28)17-10-8-9-16(2)15-17/h4-15H,3H2,1-2H3,(H,26,29)(H,27,28). The second-order valence-corrected chi connectivity index (χ2v) is 7.01. The van der Waals surface area contributed by atoms with E-state index >= 15 is 0 Å². The van der Waals surface area contributed by atoms with Crippen LogP contribution in [0.1, 0.15) is 33.4 Å². The van der Waals surface area contributed by atoms with Crippen molar-refractivity contribution in [1.29, 1.82) is 0 Å². The lowest BCUT2D eigenvalue weighted by Crippen LogP contribution is -2.17. The molecule has 0 saturated carbocycles. The zero-order valence-electron chi connectivity index (χ0n) is 17.3. The van der Waals surface area contributed by atoms with Crippen molar-refractivity contribution in [1.82, 2.24) is 0 Å². The minimum absolute atomic E-state index is 0.0218. The lowest BCUT2D eigenvalue weighted by molar-refractivity contribution is 0.0999. The van der Waals surface area contributed by atoms with Crippen LogP contribution in [0.2, 0.25) is 0 Å². The van der Waals surface area contributed by atoms with Gasteiger partial charge in [0.2, 0.25) is 5.76 Å². The average Bonchev–Trinajstić information content (AvgIpc) is 3.14. The van der Waals surface area contributed by atoms with Crippen LogP contribution in [0.25, 0.3) is 11.0 Å². The van der Waals surface area contributed by atoms with Crippen LogP contribution in [0, 0.1) is 6.92 Å². The number of rotatable bonds is 6. The molecule has 6 heteroatoms.